The zero-order valence-electron chi connectivity index (χ0n) is 19.6. The maximum atomic E-state index is 15.1. The zero-order chi connectivity index (χ0) is 25.8. The van der Waals surface area contributed by atoms with Gasteiger partial charge >= 0.3 is 0 Å². The highest BCUT2D eigenvalue weighted by Gasteiger charge is 2.60. The number of fused-ring (bicyclic) bond motifs is 1. The van der Waals surface area contributed by atoms with E-state index in [0.717, 1.165) is 6.07 Å². The molecule has 0 unspecified atom stereocenters. The van der Waals surface area contributed by atoms with E-state index in [1.165, 1.54) is 46.3 Å². The number of amidine groups is 1. The van der Waals surface area contributed by atoms with Crippen LogP contribution in [0.3, 0.4) is 0 Å². The molecule has 4 heterocycles. The first-order valence-corrected chi connectivity index (χ1v) is 12.3. The van der Waals surface area contributed by atoms with Gasteiger partial charge in [0.1, 0.15) is 39.9 Å². The van der Waals surface area contributed by atoms with Gasteiger partial charge in [0.05, 0.1) is 40.9 Å². The molecule has 0 saturated heterocycles. The van der Waals surface area contributed by atoms with Crippen molar-refractivity contribution in [2.45, 2.75) is 55.1 Å². The molecule has 0 saturated carbocycles. The third kappa shape index (κ3) is 4.05. The van der Waals surface area contributed by atoms with Gasteiger partial charge in [-0.25, -0.2) is 31.7 Å². The molecule has 2 N–H and O–H groups in total. The van der Waals surface area contributed by atoms with Crippen molar-refractivity contribution in [2.75, 3.05) is 13.7 Å². The van der Waals surface area contributed by atoms with Crippen molar-refractivity contribution < 1.29 is 26.9 Å². The monoisotopic (exact) mass is 510 g/mol. The van der Waals surface area contributed by atoms with Gasteiger partial charge in [-0.2, -0.15) is 0 Å². The summed E-state index contributed by atoms with van der Waals surface area (Å²) in [7, 11) is -2.00. The Hall–Kier alpha value is -3.09. The van der Waals surface area contributed by atoms with Gasteiger partial charge in [-0.15, -0.1) is 0 Å². The van der Waals surface area contributed by atoms with E-state index in [9.17, 15) is 17.8 Å². The van der Waals surface area contributed by atoms with Crippen LogP contribution >= 0.6 is 0 Å². The lowest BCUT2D eigenvalue weighted by Gasteiger charge is -2.48. The molecule has 188 valence electrons. The number of ether oxygens (including phenoxy) is 1. The van der Waals surface area contributed by atoms with E-state index < -0.39 is 55.8 Å². The molecule has 35 heavy (non-hydrogen) atoms. The molecule has 2 aromatic rings. The summed E-state index contributed by atoms with van der Waals surface area (Å²) in [5, 5.41) is -1.36. The molecule has 3 atom stereocenters. The minimum absolute atomic E-state index is 0.0418. The van der Waals surface area contributed by atoms with Crippen LogP contribution in [0.1, 0.15) is 49.1 Å². The first-order valence-electron chi connectivity index (χ1n) is 10.7. The maximum Gasteiger partial charge on any atom is 0.269 e. The number of carbonyl (C=O) groups excluding carboxylic acids is 1. The number of nitrogens with two attached hydrogens (primary N) is 1. The minimum Gasteiger partial charge on any atom is -0.480 e. The molecule has 0 fully saturated rings. The smallest absolute Gasteiger partial charge is 0.269 e. The molecule has 4 rings (SSSR count). The number of nitrogens with zero attached hydrogens (tertiary/aromatic N) is 5. The van der Waals surface area contributed by atoms with Crippen LogP contribution in [-0.4, -0.2) is 60.4 Å². The number of methoxy groups -OCH3 is 1. The standard InChI is InChI=1S/C22H25F3N6O3S/c1-20(2)19(26)31-21(3,16-8-22(24,25)11-29-35(16,20)33)18-13(23)6-5-12(30-18)7-15(32)14-9-28-17(34-4)10-27-14/h5-6,9-10,16H,7-8,11H2,1-4H3,(H2,26,31)/t16-,21+,35-/m1/s1. The van der Waals surface area contributed by atoms with Crippen LogP contribution in [0.5, 0.6) is 5.88 Å². The van der Waals surface area contributed by atoms with E-state index in [-0.39, 0.29) is 35.2 Å². The maximum absolute atomic E-state index is 15.1. The number of ketones is 1. The van der Waals surface area contributed by atoms with Gasteiger partial charge in [0.2, 0.25) is 5.88 Å². The summed E-state index contributed by atoms with van der Waals surface area (Å²) in [4.78, 5) is 29.3. The second-order valence-electron chi connectivity index (χ2n) is 9.24. The number of halogens is 3. The quantitative estimate of drug-likeness (QED) is 0.612. The van der Waals surface area contributed by atoms with Gasteiger partial charge in [-0.1, -0.05) is 0 Å². The van der Waals surface area contributed by atoms with E-state index >= 15 is 4.39 Å². The molecule has 0 bridgehead atoms. The Morgan fingerprint density at radius 3 is 2.57 bits per heavy atom. The van der Waals surface area contributed by atoms with Crippen LogP contribution in [0, 0.1) is 5.82 Å². The lowest BCUT2D eigenvalue weighted by atomic mass is 9.87. The van der Waals surface area contributed by atoms with Gasteiger partial charge in [0, 0.05) is 12.1 Å². The number of hydrogen-bond donors (Lipinski definition) is 1. The van der Waals surface area contributed by atoms with Gasteiger partial charge in [-0.3, -0.25) is 14.8 Å². The highest BCUT2D eigenvalue weighted by atomic mass is 32.2. The lowest BCUT2D eigenvalue weighted by Crippen LogP contribution is -2.62. The lowest BCUT2D eigenvalue weighted by molar-refractivity contribution is -0.00687. The van der Waals surface area contributed by atoms with Gasteiger partial charge < -0.3 is 10.5 Å². The molecule has 0 aliphatic carbocycles. The van der Waals surface area contributed by atoms with Crippen LogP contribution < -0.4 is 10.5 Å². The summed E-state index contributed by atoms with van der Waals surface area (Å²) in [5.41, 5.74) is 4.21. The summed E-state index contributed by atoms with van der Waals surface area (Å²) in [5.74, 6) is -4.41. The van der Waals surface area contributed by atoms with E-state index in [1.807, 2.05) is 0 Å². The number of aliphatic imine (C=N–C) groups is 1. The number of aromatic nitrogens is 3. The van der Waals surface area contributed by atoms with Crippen LogP contribution in [-0.2, 0) is 21.7 Å². The fraction of sp³-hybridized carbons (Fsp3) is 0.500. The Balaban J connectivity index is 1.78. The molecule has 0 aromatic carbocycles. The summed E-state index contributed by atoms with van der Waals surface area (Å²) in [6.45, 7) is 3.52. The van der Waals surface area contributed by atoms with Crippen molar-refractivity contribution in [2.24, 2.45) is 15.1 Å². The van der Waals surface area contributed by atoms with Crippen LogP contribution in [0.25, 0.3) is 0 Å². The summed E-state index contributed by atoms with van der Waals surface area (Å²) in [6.07, 6.45) is 1.43. The molecular weight excluding hydrogens is 485 g/mol. The molecule has 0 amide bonds. The first kappa shape index (κ1) is 25.0. The number of rotatable bonds is 5. The van der Waals surface area contributed by atoms with Crippen LogP contribution in [0.4, 0.5) is 13.2 Å². The molecule has 13 heteroatoms. The Morgan fingerprint density at radius 2 is 1.94 bits per heavy atom. The third-order valence-corrected chi connectivity index (χ3v) is 10.1. The number of Topliss-reactive ketones (excluding diaryl/α,β-unsaturated/α-hetero) is 1. The fourth-order valence-corrected chi connectivity index (χ4v) is 7.52. The molecule has 2 aliphatic heterocycles. The van der Waals surface area contributed by atoms with Crippen molar-refractivity contribution in [1.29, 1.82) is 0 Å². The van der Waals surface area contributed by atoms with Crippen molar-refractivity contribution >= 4 is 21.3 Å². The highest BCUT2D eigenvalue weighted by molar-refractivity contribution is 7.96. The van der Waals surface area contributed by atoms with Gasteiger partial charge in [0.15, 0.2) is 5.78 Å². The third-order valence-electron chi connectivity index (χ3n) is 6.53. The molecule has 0 spiro atoms. The molecule has 2 aromatic heterocycles. The first-order chi connectivity index (χ1) is 16.2. The van der Waals surface area contributed by atoms with Crippen molar-refractivity contribution in [1.82, 2.24) is 15.0 Å². The second-order valence-corrected chi connectivity index (χ2v) is 12.2. The molecular formula is C22H25F3N6O3S. The Kier molecular flexibility index (Phi) is 5.89. The largest absolute Gasteiger partial charge is 0.480 e. The molecule has 0 radical (unpaired) electrons. The Labute approximate surface area is 200 Å². The average molecular weight is 511 g/mol. The second kappa shape index (κ2) is 8.25. The van der Waals surface area contributed by atoms with Crippen LogP contribution in [0.15, 0.2) is 33.9 Å². The van der Waals surface area contributed by atoms with E-state index in [0.29, 0.717) is 0 Å². The van der Waals surface area contributed by atoms with Gasteiger partial charge in [-0.05, 0) is 32.9 Å². The normalized spacial score (nSPS) is 28.9. The van der Waals surface area contributed by atoms with Crippen molar-refractivity contribution in [3.63, 3.8) is 0 Å². The Bertz CT molecular complexity index is 1340. The molecule has 2 aliphatic rings. The number of hydrogen-bond acceptors (Lipinski definition) is 9. The summed E-state index contributed by atoms with van der Waals surface area (Å²) in [6, 6.07) is 2.37. The minimum atomic E-state index is -3.40. The average Bonchev–Trinajstić information content (AvgIpc) is 2.80. The number of pyridine rings is 1. The van der Waals surface area contributed by atoms with E-state index in [4.69, 9.17) is 10.5 Å². The number of alkyl halides is 2. The summed E-state index contributed by atoms with van der Waals surface area (Å²) < 4.78 is 65.6. The SMILES string of the molecule is COc1cnc(C(=O)Cc2ccc(F)c([C@@]3(C)N=C(N)C(C)(C)[S@@]4(=O)=NCC(F)(F)C[C@H]34)n2)cn1. The van der Waals surface area contributed by atoms with Gasteiger partial charge in [0.25, 0.3) is 5.92 Å². The van der Waals surface area contributed by atoms with Crippen molar-refractivity contribution in [3.05, 3.63) is 47.4 Å². The zero-order valence-corrected chi connectivity index (χ0v) is 20.4. The number of carbonyl (C=O) groups is 1. The Morgan fingerprint density at radius 1 is 1.23 bits per heavy atom. The summed E-state index contributed by atoms with van der Waals surface area (Å²) >= 11 is 0. The predicted molar refractivity (Wildman–Crippen MR) is 123 cm³/mol. The van der Waals surface area contributed by atoms with E-state index in [2.05, 4.69) is 24.3 Å². The van der Waals surface area contributed by atoms with Crippen LogP contribution in [0.2, 0.25) is 0 Å². The topological polar surface area (TPSA) is 133 Å². The fourth-order valence-electron chi connectivity index (χ4n) is 4.32. The highest BCUT2D eigenvalue weighted by Crippen LogP contribution is 2.49. The molecule has 9 nitrogen and oxygen atoms in total. The predicted octanol–water partition coefficient (Wildman–Crippen LogP) is 2.68. The van der Waals surface area contributed by atoms with Crippen molar-refractivity contribution in [3.8, 4) is 5.88 Å². The van der Waals surface area contributed by atoms with E-state index in [1.54, 1.807) is 0 Å².